The number of halogens is 1. The fourth-order valence-corrected chi connectivity index (χ4v) is 3.41. The van der Waals surface area contributed by atoms with Gasteiger partial charge in [0, 0.05) is 5.56 Å². The monoisotopic (exact) mass is 392 g/mol. The summed E-state index contributed by atoms with van der Waals surface area (Å²) in [6.07, 6.45) is 0.602. The van der Waals surface area contributed by atoms with Gasteiger partial charge in [-0.2, -0.15) is 0 Å². The highest BCUT2D eigenvalue weighted by atomic mass is 19.1. The highest BCUT2D eigenvalue weighted by molar-refractivity contribution is 5.73. The zero-order valence-corrected chi connectivity index (χ0v) is 16.1. The van der Waals surface area contributed by atoms with Crippen LogP contribution in [-0.4, -0.2) is 24.6 Å². The summed E-state index contributed by atoms with van der Waals surface area (Å²) >= 11 is 0. The van der Waals surface area contributed by atoms with E-state index in [1.165, 1.54) is 28.8 Å². The van der Waals surface area contributed by atoms with Crippen LogP contribution in [0.4, 0.5) is 4.39 Å². The molecule has 0 saturated carbocycles. The molecule has 0 unspecified atom stereocenters. The second-order valence-electron chi connectivity index (χ2n) is 7.28. The minimum atomic E-state index is -0.978. The average molecular weight is 392 g/mol. The van der Waals surface area contributed by atoms with Crippen LogP contribution in [0, 0.1) is 5.82 Å². The van der Waals surface area contributed by atoms with Gasteiger partial charge in [0.05, 0.1) is 18.8 Å². The Hall–Kier alpha value is -3.32. The smallest absolute Gasteiger partial charge is 0.327 e. The van der Waals surface area contributed by atoms with Crippen LogP contribution in [-0.2, 0) is 6.54 Å². The van der Waals surface area contributed by atoms with Crippen LogP contribution in [0.15, 0.2) is 59.5 Å². The molecule has 0 saturated heterocycles. The Bertz CT molecular complexity index is 1210. The Morgan fingerprint density at radius 2 is 1.86 bits per heavy atom. The van der Waals surface area contributed by atoms with Gasteiger partial charge in [-0.3, -0.25) is 4.57 Å². The van der Waals surface area contributed by atoms with Crippen LogP contribution in [0.25, 0.3) is 22.6 Å². The molecule has 0 amide bonds. The predicted molar refractivity (Wildman–Crippen MR) is 109 cm³/mol. The van der Waals surface area contributed by atoms with E-state index in [0.717, 1.165) is 11.1 Å². The SMILES string of the molecule is CC(C)c1ccccc1-c1ncc2[nH]c(=O)n(C[C@H](O)c3ccc(F)cc3)c2n1. The number of aromatic amines is 1. The third kappa shape index (κ3) is 3.69. The summed E-state index contributed by atoms with van der Waals surface area (Å²) in [5.41, 5.74) is 3.06. The van der Waals surface area contributed by atoms with Crippen molar-refractivity contribution in [3.63, 3.8) is 0 Å². The molecule has 0 fully saturated rings. The minimum absolute atomic E-state index is 0.00720. The summed E-state index contributed by atoms with van der Waals surface area (Å²) in [6.45, 7) is 4.19. The van der Waals surface area contributed by atoms with E-state index in [-0.39, 0.29) is 18.1 Å². The molecule has 6 nitrogen and oxygen atoms in total. The van der Waals surface area contributed by atoms with Gasteiger partial charge < -0.3 is 10.1 Å². The minimum Gasteiger partial charge on any atom is -0.387 e. The van der Waals surface area contributed by atoms with Crippen molar-refractivity contribution >= 4 is 11.2 Å². The van der Waals surface area contributed by atoms with Crippen LogP contribution >= 0.6 is 0 Å². The fourth-order valence-electron chi connectivity index (χ4n) is 3.41. The number of aliphatic hydroxyl groups excluding tert-OH is 1. The largest absolute Gasteiger partial charge is 0.387 e. The fraction of sp³-hybridized carbons (Fsp3) is 0.227. The number of fused-ring (bicyclic) bond motifs is 1. The van der Waals surface area contributed by atoms with Crippen LogP contribution in [0.5, 0.6) is 0 Å². The van der Waals surface area contributed by atoms with Crippen molar-refractivity contribution in [2.75, 3.05) is 0 Å². The lowest BCUT2D eigenvalue weighted by atomic mass is 9.97. The molecule has 2 heterocycles. The Balaban J connectivity index is 1.76. The molecule has 2 aromatic carbocycles. The Kier molecular flexibility index (Phi) is 4.98. The Morgan fingerprint density at radius 3 is 2.59 bits per heavy atom. The van der Waals surface area contributed by atoms with Crippen molar-refractivity contribution in [1.82, 2.24) is 19.5 Å². The number of aliphatic hydroxyl groups is 1. The molecular weight excluding hydrogens is 371 g/mol. The highest BCUT2D eigenvalue weighted by Gasteiger charge is 2.17. The molecule has 0 aliphatic heterocycles. The number of benzene rings is 2. The number of hydrogen-bond donors (Lipinski definition) is 2. The molecule has 0 radical (unpaired) electrons. The number of hydrogen-bond acceptors (Lipinski definition) is 4. The maximum atomic E-state index is 13.1. The van der Waals surface area contributed by atoms with E-state index >= 15 is 0 Å². The molecule has 7 heteroatoms. The van der Waals surface area contributed by atoms with E-state index in [1.54, 1.807) is 6.20 Å². The predicted octanol–water partition coefficient (Wildman–Crippen LogP) is 3.78. The van der Waals surface area contributed by atoms with Crippen molar-refractivity contribution in [1.29, 1.82) is 0 Å². The zero-order valence-electron chi connectivity index (χ0n) is 16.1. The first-order valence-corrected chi connectivity index (χ1v) is 9.42. The number of nitrogens with one attached hydrogen (secondary N) is 1. The van der Waals surface area contributed by atoms with Gasteiger partial charge in [-0.15, -0.1) is 0 Å². The number of nitrogens with zero attached hydrogens (tertiary/aromatic N) is 3. The third-order valence-corrected chi connectivity index (χ3v) is 4.95. The van der Waals surface area contributed by atoms with Crippen molar-refractivity contribution in [2.45, 2.75) is 32.4 Å². The summed E-state index contributed by atoms with van der Waals surface area (Å²) < 4.78 is 14.5. The lowest BCUT2D eigenvalue weighted by Gasteiger charge is -2.13. The maximum Gasteiger partial charge on any atom is 0.327 e. The lowest BCUT2D eigenvalue weighted by molar-refractivity contribution is 0.156. The van der Waals surface area contributed by atoms with Crippen LogP contribution in [0.2, 0.25) is 0 Å². The average Bonchev–Trinajstić information content (AvgIpc) is 3.03. The number of H-pyrrole nitrogens is 1. The van der Waals surface area contributed by atoms with E-state index in [4.69, 9.17) is 0 Å². The molecule has 4 aromatic rings. The molecule has 148 valence electrons. The van der Waals surface area contributed by atoms with Gasteiger partial charge in [-0.1, -0.05) is 50.2 Å². The number of imidazole rings is 1. The van der Waals surface area contributed by atoms with Crippen molar-refractivity contribution < 1.29 is 9.50 Å². The number of rotatable bonds is 5. The second kappa shape index (κ2) is 7.60. The van der Waals surface area contributed by atoms with Crippen LogP contribution in [0.3, 0.4) is 0 Å². The van der Waals surface area contributed by atoms with Crippen molar-refractivity contribution in [3.05, 3.63) is 82.2 Å². The Morgan fingerprint density at radius 1 is 1.14 bits per heavy atom. The molecule has 2 N–H and O–H groups in total. The van der Waals surface area contributed by atoms with E-state index in [0.29, 0.717) is 28.5 Å². The van der Waals surface area contributed by atoms with Crippen LogP contribution < -0.4 is 5.69 Å². The van der Waals surface area contributed by atoms with Gasteiger partial charge in [-0.25, -0.2) is 19.2 Å². The molecule has 29 heavy (non-hydrogen) atoms. The summed E-state index contributed by atoms with van der Waals surface area (Å²) in [4.78, 5) is 24.2. The topological polar surface area (TPSA) is 83.8 Å². The summed E-state index contributed by atoms with van der Waals surface area (Å²) in [5, 5.41) is 10.5. The van der Waals surface area contributed by atoms with Gasteiger partial charge >= 0.3 is 5.69 Å². The molecule has 1 atom stereocenters. The van der Waals surface area contributed by atoms with Crippen molar-refractivity contribution in [2.24, 2.45) is 0 Å². The maximum absolute atomic E-state index is 13.1. The van der Waals surface area contributed by atoms with E-state index in [9.17, 15) is 14.3 Å². The first-order chi connectivity index (χ1) is 13.9. The van der Waals surface area contributed by atoms with Crippen molar-refractivity contribution in [3.8, 4) is 11.4 Å². The van der Waals surface area contributed by atoms with Gasteiger partial charge in [0.1, 0.15) is 11.3 Å². The molecule has 2 aromatic heterocycles. The van der Waals surface area contributed by atoms with E-state index in [1.807, 2.05) is 24.3 Å². The second-order valence-corrected chi connectivity index (χ2v) is 7.28. The molecule has 0 spiro atoms. The molecule has 0 bridgehead atoms. The molecule has 0 aliphatic carbocycles. The summed E-state index contributed by atoms with van der Waals surface area (Å²) in [6, 6.07) is 13.5. The van der Waals surface area contributed by atoms with E-state index in [2.05, 4.69) is 28.8 Å². The molecular formula is C22H21FN4O2. The van der Waals surface area contributed by atoms with Gasteiger partial charge in [0.15, 0.2) is 11.5 Å². The van der Waals surface area contributed by atoms with E-state index < -0.39 is 6.10 Å². The normalized spacial score (nSPS) is 12.6. The highest BCUT2D eigenvalue weighted by Crippen LogP contribution is 2.27. The lowest BCUT2D eigenvalue weighted by Crippen LogP contribution is -2.21. The first-order valence-electron chi connectivity index (χ1n) is 9.42. The summed E-state index contributed by atoms with van der Waals surface area (Å²) in [7, 11) is 0. The standard InChI is InChI=1S/C22H21FN4O2/c1-13(2)16-5-3-4-6-17(16)20-24-11-18-21(26-20)27(22(29)25-18)12-19(28)14-7-9-15(23)10-8-14/h3-11,13,19,28H,12H2,1-2H3,(H,25,29)/t19-/m0/s1. The third-order valence-electron chi connectivity index (χ3n) is 4.95. The van der Waals surface area contributed by atoms with Crippen LogP contribution in [0.1, 0.15) is 37.0 Å². The number of aromatic nitrogens is 4. The Labute approximate surface area is 166 Å². The quantitative estimate of drug-likeness (QED) is 0.541. The molecule has 4 rings (SSSR count). The van der Waals surface area contributed by atoms with Gasteiger partial charge in [-0.05, 0) is 29.2 Å². The first kappa shape index (κ1) is 19.0. The summed E-state index contributed by atoms with van der Waals surface area (Å²) in [5.74, 6) is 0.427. The van der Waals surface area contributed by atoms with Gasteiger partial charge in [0.25, 0.3) is 0 Å². The molecule has 0 aliphatic rings. The van der Waals surface area contributed by atoms with Gasteiger partial charge in [0.2, 0.25) is 0 Å². The zero-order chi connectivity index (χ0) is 20.5.